The fourth-order valence-corrected chi connectivity index (χ4v) is 4.77. The van der Waals surface area contributed by atoms with Crippen molar-refractivity contribution in [2.75, 3.05) is 5.75 Å². The molecule has 0 atom stereocenters. The lowest BCUT2D eigenvalue weighted by Gasteiger charge is -2.06. The van der Waals surface area contributed by atoms with Gasteiger partial charge >= 0.3 is 0 Å². The van der Waals surface area contributed by atoms with Crippen molar-refractivity contribution in [3.05, 3.63) is 49.8 Å². The van der Waals surface area contributed by atoms with Crippen molar-refractivity contribution in [2.24, 2.45) is 0 Å². The zero-order valence-electron chi connectivity index (χ0n) is 9.24. The van der Waals surface area contributed by atoms with E-state index in [2.05, 4.69) is 82.0 Å². The van der Waals surface area contributed by atoms with Crippen LogP contribution in [0.15, 0.2) is 49.2 Å². The Labute approximate surface area is 135 Å². The standard InChI is InChI=1S/C12H9Br3N2S/c13-10-9(11(14)17-12(15)16-10)18-7-6-8-4-2-1-3-5-8/h1-5H,6-7H2. The molecular formula is C12H9Br3N2S. The molecule has 0 amide bonds. The average Bonchev–Trinajstić information content (AvgIpc) is 2.34. The fourth-order valence-electron chi connectivity index (χ4n) is 1.41. The van der Waals surface area contributed by atoms with E-state index in [0.717, 1.165) is 26.3 Å². The average molecular weight is 453 g/mol. The van der Waals surface area contributed by atoms with E-state index in [-0.39, 0.29) is 0 Å². The quantitative estimate of drug-likeness (QED) is 0.366. The summed E-state index contributed by atoms with van der Waals surface area (Å²) in [5, 5.41) is 0. The third-order valence-corrected chi connectivity index (χ3v) is 5.35. The summed E-state index contributed by atoms with van der Waals surface area (Å²) in [6.07, 6.45) is 1.03. The Balaban J connectivity index is 1.99. The Kier molecular flexibility index (Phi) is 5.66. The van der Waals surface area contributed by atoms with Crippen molar-refractivity contribution in [1.29, 1.82) is 0 Å². The minimum atomic E-state index is 0.577. The minimum Gasteiger partial charge on any atom is -0.214 e. The third kappa shape index (κ3) is 4.05. The molecule has 0 unspecified atom stereocenters. The van der Waals surface area contributed by atoms with Crippen LogP contribution in [0.2, 0.25) is 0 Å². The molecular weight excluding hydrogens is 444 g/mol. The highest BCUT2D eigenvalue weighted by atomic mass is 79.9. The van der Waals surface area contributed by atoms with Crippen LogP contribution in [-0.2, 0) is 6.42 Å². The molecule has 1 aromatic heterocycles. The number of aromatic nitrogens is 2. The first kappa shape index (κ1) is 14.5. The van der Waals surface area contributed by atoms with E-state index in [1.165, 1.54) is 5.56 Å². The molecule has 0 saturated heterocycles. The lowest BCUT2D eigenvalue weighted by molar-refractivity contribution is 0.989. The van der Waals surface area contributed by atoms with Gasteiger partial charge in [0.1, 0.15) is 9.21 Å². The molecule has 18 heavy (non-hydrogen) atoms. The summed E-state index contributed by atoms with van der Waals surface area (Å²) < 4.78 is 2.21. The molecule has 0 radical (unpaired) electrons. The van der Waals surface area contributed by atoms with Crippen molar-refractivity contribution in [1.82, 2.24) is 9.97 Å². The van der Waals surface area contributed by atoms with Crippen LogP contribution < -0.4 is 0 Å². The topological polar surface area (TPSA) is 25.8 Å². The Bertz CT molecular complexity index is 511. The molecule has 1 aromatic carbocycles. The van der Waals surface area contributed by atoms with Gasteiger partial charge in [-0.25, -0.2) is 9.97 Å². The molecule has 6 heteroatoms. The van der Waals surface area contributed by atoms with Crippen molar-refractivity contribution >= 4 is 59.6 Å². The summed E-state index contributed by atoms with van der Waals surface area (Å²) in [6, 6.07) is 10.4. The van der Waals surface area contributed by atoms with Gasteiger partial charge < -0.3 is 0 Å². The van der Waals surface area contributed by atoms with Gasteiger partial charge in [0.25, 0.3) is 0 Å². The lowest BCUT2D eigenvalue weighted by atomic mass is 10.2. The number of rotatable bonds is 4. The molecule has 0 fully saturated rings. The van der Waals surface area contributed by atoms with E-state index in [1.54, 1.807) is 11.8 Å². The van der Waals surface area contributed by atoms with Gasteiger partial charge in [-0.05, 0) is 59.8 Å². The number of thioether (sulfide) groups is 1. The van der Waals surface area contributed by atoms with Gasteiger partial charge in [0, 0.05) is 5.75 Å². The van der Waals surface area contributed by atoms with Gasteiger partial charge in [-0.1, -0.05) is 30.3 Å². The Morgan fingerprint density at radius 1 is 0.944 bits per heavy atom. The number of nitrogens with zero attached hydrogens (tertiary/aromatic N) is 2. The van der Waals surface area contributed by atoms with Gasteiger partial charge in [-0.2, -0.15) is 0 Å². The second kappa shape index (κ2) is 7.03. The molecule has 0 saturated carbocycles. The van der Waals surface area contributed by atoms with Crippen LogP contribution in [0.4, 0.5) is 0 Å². The molecule has 0 spiro atoms. The Morgan fingerprint density at radius 2 is 1.56 bits per heavy atom. The lowest BCUT2D eigenvalue weighted by Crippen LogP contribution is -1.93. The number of hydrogen-bond acceptors (Lipinski definition) is 3. The number of aryl methyl sites for hydroxylation is 1. The highest BCUT2D eigenvalue weighted by Crippen LogP contribution is 2.33. The molecule has 2 aromatic rings. The minimum absolute atomic E-state index is 0.577. The molecule has 1 heterocycles. The van der Waals surface area contributed by atoms with Crippen LogP contribution in [0.3, 0.4) is 0 Å². The van der Waals surface area contributed by atoms with E-state index in [1.807, 2.05) is 6.07 Å². The molecule has 0 N–H and O–H groups in total. The largest absolute Gasteiger partial charge is 0.214 e. The summed E-state index contributed by atoms with van der Waals surface area (Å²) in [4.78, 5) is 9.50. The van der Waals surface area contributed by atoms with E-state index >= 15 is 0 Å². The van der Waals surface area contributed by atoms with Crippen LogP contribution in [0.5, 0.6) is 0 Å². The second-order valence-electron chi connectivity index (χ2n) is 3.49. The Morgan fingerprint density at radius 3 is 2.17 bits per heavy atom. The van der Waals surface area contributed by atoms with Crippen LogP contribution >= 0.6 is 59.6 Å². The van der Waals surface area contributed by atoms with Gasteiger partial charge in [0.15, 0.2) is 4.73 Å². The fraction of sp³-hybridized carbons (Fsp3) is 0.167. The van der Waals surface area contributed by atoms with E-state index in [0.29, 0.717) is 4.73 Å². The second-order valence-corrected chi connectivity index (χ2v) is 6.80. The molecule has 0 bridgehead atoms. The van der Waals surface area contributed by atoms with Crippen LogP contribution in [-0.4, -0.2) is 15.7 Å². The van der Waals surface area contributed by atoms with Crippen LogP contribution in [0.25, 0.3) is 0 Å². The van der Waals surface area contributed by atoms with E-state index in [4.69, 9.17) is 0 Å². The highest BCUT2D eigenvalue weighted by Gasteiger charge is 2.10. The van der Waals surface area contributed by atoms with Crippen molar-refractivity contribution in [3.8, 4) is 0 Å². The summed E-state index contributed by atoms with van der Waals surface area (Å²) in [5.41, 5.74) is 1.34. The zero-order chi connectivity index (χ0) is 13.0. The molecule has 0 aliphatic heterocycles. The van der Waals surface area contributed by atoms with Gasteiger partial charge in [-0.3, -0.25) is 0 Å². The highest BCUT2D eigenvalue weighted by molar-refractivity contribution is 9.11. The van der Waals surface area contributed by atoms with E-state index in [9.17, 15) is 0 Å². The predicted molar refractivity (Wildman–Crippen MR) is 86.0 cm³/mol. The van der Waals surface area contributed by atoms with E-state index < -0.39 is 0 Å². The number of benzene rings is 1. The van der Waals surface area contributed by atoms with Crippen molar-refractivity contribution < 1.29 is 0 Å². The maximum Gasteiger partial charge on any atom is 0.198 e. The maximum absolute atomic E-state index is 4.23. The molecule has 0 aliphatic carbocycles. The summed E-state index contributed by atoms with van der Waals surface area (Å²) in [7, 11) is 0. The first-order valence-corrected chi connectivity index (χ1v) is 8.58. The first-order chi connectivity index (χ1) is 8.66. The Hall–Kier alpha value is 0.0900. The van der Waals surface area contributed by atoms with Gasteiger partial charge in [0.2, 0.25) is 0 Å². The summed E-state index contributed by atoms with van der Waals surface area (Å²) >= 11 is 11.9. The van der Waals surface area contributed by atoms with Crippen molar-refractivity contribution in [3.63, 3.8) is 0 Å². The molecule has 94 valence electrons. The summed E-state index contributed by atoms with van der Waals surface area (Å²) in [5.74, 6) is 0.992. The predicted octanol–water partition coefficient (Wildman–Crippen LogP) is 5.10. The van der Waals surface area contributed by atoms with Crippen molar-refractivity contribution in [2.45, 2.75) is 11.3 Å². The first-order valence-electron chi connectivity index (χ1n) is 5.22. The smallest absolute Gasteiger partial charge is 0.198 e. The number of hydrogen-bond donors (Lipinski definition) is 0. The normalized spacial score (nSPS) is 10.6. The number of halogens is 3. The SMILES string of the molecule is Brc1nc(Br)c(SCCc2ccccc2)c(Br)n1. The van der Waals surface area contributed by atoms with Gasteiger partial charge in [-0.15, -0.1) is 11.8 Å². The maximum atomic E-state index is 4.23. The summed E-state index contributed by atoms with van der Waals surface area (Å²) in [6.45, 7) is 0. The third-order valence-electron chi connectivity index (χ3n) is 2.24. The van der Waals surface area contributed by atoms with Crippen LogP contribution in [0.1, 0.15) is 5.56 Å². The van der Waals surface area contributed by atoms with Crippen LogP contribution in [0, 0.1) is 0 Å². The molecule has 0 aliphatic rings. The zero-order valence-corrected chi connectivity index (χ0v) is 14.8. The van der Waals surface area contributed by atoms with Gasteiger partial charge in [0.05, 0.1) is 4.90 Å². The molecule has 2 nitrogen and oxygen atoms in total. The monoisotopic (exact) mass is 450 g/mol. The molecule has 2 rings (SSSR count).